The van der Waals surface area contributed by atoms with Crippen LogP contribution in [0.2, 0.25) is 0 Å². The molecule has 2 aromatic carbocycles. The standard InChI is InChI=1S/C26H29N3O3/c1-18-4-3-5-20(12-18)17-32-23-8-6-21(7-9-23)26-27-14-22-16-29(11-10-24(22)28-26)15-19(2)13-25(30)31/h3-9,12,14,19H,10-11,13,15-17H2,1-2H3,(H,30,31). The van der Waals surface area contributed by atoms with Gasteiger partial charge >= 0.3 is 5.97 Å². The Kier molecular flexibility index (Phi) is 6.81. The molecule has 3 aromatic rings. The highest BCUT2D eigenvalue weighted by molar-refractivity contribution is 5.67. The van der Waals surface area contributed by atoms with Crippen molar-refractivity contribution in [3.05, 3.63) is 77.1 Å². The molecule has 1 atom stereocenters. The fraction of sp³-hybridized carbons (Fsp3) is 0.346. The minimum absolute atomic E-state index is 0.126. The average Bonchev–Trinajstić information content (AvgIpc) is 2.77. The van der Waals surface area contributed by atoms with Gasteiger partial charge in [0.1, 0.15) is 12.4 Å². The van der Waals surface area contributed by atoms with Crippen LogP contribution in [-0.2, 0) is 24.4 Å². The Bertz CT molecular complexity index is 1080. The molecular weight excluding hydrogens is 402 g/mol. The van der Waals surface area contributed by atoms with Gasteiger partial charge in [-0.3, -0.25) is 9.69 Å². The zero-order chi connectivity index (χ0) is 22.5. The van der Waals surface area contributed by atoms with Crippen molar-refractivity contribution in [2.45, 2.75) is 39.8 Å². The van der Waals surface area contributed by atoms with E-state index in [0.29, 0.717) is 6.61 Å². The first-order chi connectivity index (χ1) is 15.5. The minimum Gasteiger partial charge on any atom is -0.489 e. The third-order valence-electron chi connectivity index (χ3n) is 5.71. The summed E-state index contributed by atoms with van der Waals surface area (Å²) in [7, 11) is 0. The van der Waals surface area contributed by atoms with Crippen molar-refractivity contribution in [1.82, 2.24) is 14.9 Å². The molecule has 1 aliphatic rings. The van der Waals surface area contributed by atoms with Gasteiger partial charge in [0.25, 0.3) is 0 Å². The summed E-state index contributed by atoms with van der Waals surface area (Å²) in [6.07, 6.45) is 2.96. The molecule has 32 heavy (non-hydrogen) atoms. The molecule has 6 nitrogen and oxygen atoms in total. The first kappa shape index (κ1) is 22.0. The third-order valence-corrected chi connectivity index (χ3v) is 5.71. The predicted octanol–water partition coefficient (Wildman–Crippen LogP) is 4.50. The number of benzene rings is 2. The molecule has 0 amide bonds. The van der Waals surface area contributed by atoms with Crippen LogP contribution in [0.3, 0.4) is 0 Å². The van der Waals surface area contributed by atoms with Gasteiger partial charge in [-0.05, 0) is 42.7 Å². The van der Waals surface area contributed by atoms with Gasteiger partial charge in [0.15, 0.2) is 5.82 Å². The normalized spacial score (nSPS) is 14.6. The number of nitrogens with zero attached hydrogens (tertiary/aromatic N) is 3. The number of hydrogen-bond donors (Lipinski definition) is 1. The number of aryl methyl sites for hydroxylation is 1. The van der Waals surface area contributed by atoms with Gasteiger partial charge in [-0.2, -0.15) is 0 Å². The molecule has 0 aliphatic carbocycles. The van der Waals surface area contributed by atoms with Crippen LogP contribution in [0.1, 0.15) is 35.7 Å². The molecule has 1 unspecified atom stereocenters. The van der Waals surface area contributed by atoms with Gasteiger partial charge in [0.2, 0.25) is 0 Å². The van der Waals surface area contributed by atoms with Crippen LogP contribution in [0.25, 0.3) is 11.4 Å². The summed E-state index contributed by atoms with van der Waals surface area (Å²) >= 11 is 0. The summed E-state index contributed by atoms with van der Waals surface area (Å²) in [5, 5.41) is 8.97. The largest absolute Gasteiger partial charge is 0.489 e. The summed E-state index contributed by atoms with van der Waals surface area (Å²) < 4.78 is 5.91. The van der Waals surface area contributed by atoms with Crippen LogP contribution >= 0.6 is 0 Å². The smallest absolute Gasteiger partial charge is 0.303 e. The maximum atomic E-state index is 10.9. The van der Waals surface area contributed by atoms with Crippen molar-refractivity contribution in [3.63, 3.8) is 0 Å². The molecule has 1 N–H and O–H groups in total. The number of fused-ring (bicyclic) bond motifs is 1. The highest BCUT2D eigenvalue weighted by Gasteiger charge is 2.21. The van der Waals surface area contributed by atoms with E-state index in [9.17, 15) is 4.79 Å². The quantitative estimate of drug-likeness (QED) is 0.566. The Morgan fingerprint density at radius 1 is 1.22 bits per heavy atom. The first-order valence-corrected chi connectivity index (χ1v) is 11.0. The number of carbonyl (C=O) groups is 1. The first-order valence-electron chi connectivity index (χ1n) is 11.0. The number of carboxylic acid groups (broad SMARTS) is 1. The summed E-state index contributed by atoms with van der Waals surface area (Å²) in [6, 6.07) is 16.2. The Morgan fingerprint density at radius 3 is 2.78 bits per heavy atom. The molecule has 0 bridgehead atoms. The minimum atomic E-state index is -0.741. The van der Waals surface area contributed by atoms with E-state index in [4.69, 9.17) is 14.8 Å². The molecule has 0 spiro atoms. The molecule has 0 radical (unpaired) electrons. The van der Waals surface area contributed by atoms with Crippen LogP contribution in [0.5, 0.6) is 5.75 Å². The van der Waals surface area contributed by atoms with Gasteiger partial charge in [0.05, 0.1) is 5.69 Å². The number of carboxylic acids is 1. The fourth-order valence-electron chi connectivity index (χ4n) is 4.14. The van der Waals surface area contributed by atoms with Gasteiger partial charge in [-0.15, -0.1) is 0 Å². The van der Waals surface area contributed by atoms with E-state index in [1.54, 1.807) is 0 Å². The van der Waals surface area contributed by atoms with Crippen molar-refractivity contribution in [2.24, 2.45) is 5.92 Å². The van der Waals surface area contributed by atoms with E-state index >= 15 is 0 Å². The zero-order valence-electron chi connectivity index (χ0n) is 18.6. The van der Waals surface area contributed by atoms with E-state index < -0.39 is 5.97 Å². The number of aliphatic carboxylic acids is 1. The van der Waals surface area contributed by atoms with E-state index in [1.807, 2.05) is 43.5 Å². The lowest BCUT2D eigenvalue weighted by Crippen LogP contribution is -2.35. The number of aromatic nitrogens is 2. The number of rotatable bonds is 8. The monoisotopic (exact) mass is 431 g/mol. The highest BCUT2D eigenvalue weighted by Crippen LogP contribution is 2.24. The number of hydrogen-bond acceptors (Lipinski definition) is 5. The lowest BCUT2D eigenvalue weighted by molar-refractivity contribution is -0.138. The topological polar surface area (TPSA) is 75.6 Å². The van der Waals surface area contributed by atoms with Crippen molar-refractivity contribution in [1.29, 1.82) is 0 Å². The van der Waals surface area contributed by atoms with Crippen LogP contribution < -0.4 is 4.74 Å². The summed E-state index contributed by atoms with van der Waals surface area (Å²) in [5.74, 6) is 0.927. The fourth-order valence-corrected chi connectivity index (χ4v) is 4.14. The second-order valence-electron chi connectivity index (χ2n) is 8.66. The lowest BCUT2D eigenvalue weighted by Gasteiger charge is -2.29. The molecule has 0 fully saturated rings. The maximum absolute atomic E-state index is 10.9. The molecule has 1 aliphatic heterocycles. The maximum Gasteiger partial charge on any atom is 0.303 e. The van der Waals surface area contributed by atoms with Gasteiger partial charge in [0, 0.05) is 49.8 Å². The van der Waals surface area contributed by atoms with E-state index in [2.05, 4.69) is 35.0 Å². The molecule has 2 heterocycles. The van der Waals surface area contributed by atoms with Crippen molar-refractivity contribution >= 4 is 5.97 Å². The van der Waals surface area contributed by atoms with Gasteiger partial charge in [-0.25, -0.2) is 9.97 Å². The second kappa shape index (κ2) is 9.92. The summed E-state index contributed by atoms with van der Waals surface area (Å²) in [4.78, 5) is 22.6. The summed E-state index contributed by atoms with van der Waals surface area (Å²) in [5.41, 5.74) is 5.55. The van der Waals surface area contributed by atoms with Crippen LogP contribution in [0.4, 0.5) is 0 Å². The third kappa shape index (κ3) is 5.71. The highest BCUT2D eigenvalue weighted by atomic mass is 16.5. The Hall–Kier alpha value is -3.25. The predicted molar refractivity (Wildman–Crippen MR) is 123 cm³/mol. The van der Waals surface area contributed by atoms with Crippen LogP contribution in [-0.4, -0.2) is 39.0 Å². The molecule has 0 saturated carbocycles. The van der Waals surface area contributed by atoms with Gasteiger partial charge < -0.3 is 9.84 Å². The molecular formula is C26H29N3O3. The van der Waals surface area contributed by atoms with E-state index in [0.717, 1.165) is 60.0 Å². The Balaban J connectivity index is 1.37. The van der Waals surface area contributed by atoms with Crippen LogP contribution in [0.15, 0.2) is 54.7 Å². The summed E-state index contributed by atoms with van der Waals surface area (Å²) in [6.45, 7) is 7.03. The number of ether oxygens (including phenoxy) is 1. The van der Waals surface area contributed by atoms with Crippen molar-refractivity contribution in [2.75, 3.05) is 13.1 Å². The molecule has 0 saturated heterocycles. The lowest BCUT2D eigenvalue weighted by atomic mass is 10.0. The SMILES string of the molecule is Cc1cccc(COc2ccc(-c3ncc4c(n3)CCN(CC(C)CC(=O)O)C4)cc2)c1. The molecule has 1 aromatic heterocycles. The zero-order valence-corrected chi connectivity index (χ0v) is 18.6. The van der Waals surface area contributed by atoms with Crippen molar-refractivity contribution in [3.8, 4) is 17.1 Å². The molecule has 4 rings (SSSR count). The Labute approximate surface area is 188 Å². The van der Waals surface area contributed by atoms with E-state index in [-0.39, 0.29) is 12.3 Å². The second-order valence-corrected chi connectivity index (χ2v) is 8.66. The van der Waals surface area contributed by atoms with E-state index in [1.165, 1.54) is 5.56 Å². The van der Waals surface area contributed by atoms with Crippen LogP contribution in [0, 0.1) is 12.8 Å². The van der Waals surface area contributed by atoms with Crippen molar-refractivity contribution < 1.29 is 14.6 Å². The molecule has 166 valence electrons. The average molecular weight is 432 g/mol. The van der Waals surface area contributed by atoms with Gasteiger partial charge in [-0.1, -0.05) is 36.8 Å². The molecule has 6 heteroatoms. The Morgan fingerprint density at radius 2 is 2.03 bits per heavy atom.